The summed E-state index contributed by atoms with van der Waals surface area (Å²) in [5.74, 6) is -0.315. The normalized spacial score (nSPS) is 17.5. The van der Waals surface area contributed by atoms with Gasteiger partial charge < -0.3 is 9.47 Å². The van der Waals surface area contributed by atoms with E-state index >= 15 is 8.78 Å². The minimum atomic E-state index is -0.799. The number of unbranched alkanes of at least 4 members (excludes halogenated alkanes) is 2. The molecule has 0 saturated heterocycles. The van der Waals surface area contributed by atoms with Gasteiger partial charge in [-0.2, -0.15) is 0 Å². The van der Waals surface area contributed by atoms with Gasteiger partial charge in [0, 0.05) is 17.2 Å². The zero-order valence-electron chi connectivity index (χ0n) is 23.0. The Morgan fingerprint density at radius 1 is 0.744 bits per heavy atom. The lowest BCUT2D eigenvalue weighted by atomic mass is 9.78. The van der Waals surface area contributed by atoms with Gasteiger partial charge in [0.1, 0.15) is 17.3 Å². The Morgan fingerprint density at radius 3 is 2.03 bits per heavy atom. The molecule has 3 aromatic carbocycles. The van der Waals surface area contributed by atoms with E-state index in [-0.39, 0.29) is 23.2 Å². The highest BCUT2D eigenvalue weighted by atomic mass is 19.2. The van der Waals surface area contributed by atoms with Gasteiger partial charge in [0.15, 0.2) is 11.6 Å². The average Bonchev–Trinajstić information content (AvgIpc) is 2.95. The van der Waals surface area contributed by atoms with Gasteiger partial charge in [-0.1, -0.05) is 63.1 Å². The Labute approximate surface area is 230 Å². The number of hydrogen-bond acceptors (Lipinski definition) is 2. The lowest BCUT2D eigenvalue weighted by molar-refractivity contribution is 0.308. The van der Waals surface area contributed by atoms with Gasteiger partial charge in [0.2, 0.25) is 0 Å². The van der Waals surface area contributed by atoms with Crippen molar-refractivity contribution in [2.75, 3.05) is 13.2 Å². The number of rotatable bonds is 12. The molecule has 1 aliphatic carbocycles. The number of allylic oxidation sites excluding steroid dienone is 1. The van der Waals surface area contributed by atoms with Crippen LogP contribution in [-0.2, 0) is 0 Å². The molecular weight excluding hydrogens is 497 g/mol. The second-order valence-corrected chi connectivity index (χ2v) is 10.4. The molecular formula is C34H39F3O2. The van der Waals surface area contributed by atoms with Crippen LogP contribution in [0, 0.1) is 23.4 Å². The largest absolute Gasteiger partial charge is 0.494 e. The van der Waals surface area contributed by atoms with Crippen LogP contribution in [-0.4, -0.2) is 13.2 Å². The summed E-state index contributed by atoms with van der Waals surface area (Å²) < 4.78 is 56.1. The van der Waals surface area contributed by atoms with Crippen molar-refractivity contribution < 1.29 is 22.6 Å². The Hall–Kier alpha value is -3.21. The van der Waals surface area contributed by atoms with Gasteiger partial charge in [-0.05, 0) is 85.8 Å². The smallest absolute Gasteiger partial charge is 0.166 e. The van der Waals surface area contributed by atoms with Crippen LogP contribution >= 0.6 is 0 Å². The summed E-state index contributed by atoms with van der Waals surface area (Å²) in [5.41, 5.74) is 1.87. The van der Waals surface area contributed by atoms with Crippen molar-refractivity contribution in [1.29, 1.82) is 0 Å². The van der Waals surface area contributed by atoms with Crippen LogP contribution < -0.4 is 9.47 Å². The minimum Gasteiger partial charge on any atom is -0.494 e. The summed E-state index contributed by atoms with van der Waals surface area (Å²) >= 11 is 0. The zero-order chi connectivity index (χ0) is 27.6. The highest BCUT2D eigenvalue weighted by Gasteiger charge is 2.26. The Balaban J connectivity index is 1.34. The van der Waals surface area contributed by atoms with Crippen LogP contribution in [0.25, 0.3) is 17.2 Å². The van der Waals surface area contributed by atoms with Gasteiger partial charge in [0.05, 0.1) is 13.2 Å². The fraction of sp³-hybridized carbons (Fsp3) is 0.412. The van der Waals surface area contributed by atoms with Crippen LogP contribution in [0.15, 0.2) is 60.7 Å². The van der Waals surface area contributed by atoms with Gasteiger partial charge in [-0.3, -0.25) is 0 Å². The third kappa shape index (κ3) is 7.68. The quantitative estimate of drug-likeness (QED) is 0.214. The first-order chi connectivity index (χ1) is 19.0. The predicted octanol–water partition coefficient (Wildman–Crippen LogP) is 10.1. The van der Waals surface area contributed by atoms with Crippen molar-refractivity contribution in [2.24, 2.45) is 5.92 Å². The molecule has 0 aromatic heterocycles. The van der Waals surface area contributed by atoms with Gasteiger partial charge in [0.25, 0.3) is 0 Å². The van der Waals surface area contributed by atoms with Crippen molar-refractivity contribution >= 4 is 6.08 Å². The van der Waals surface area contributed by atoms with E-state index in [9.17, 15) is 4.39 Å². The fourth-order valence-electron chi connectivity index (χ4n) is 5.10. The third-order valence-electron chi connectivity index (χ3n) is 7.54. The highest BCUT2D eigenvalue weighted by molar-refractivity contribution is 5.65. The standard InChI is InChI=1S/C34H39F3O2/c1-3-5-21-38-28-16-13-26(14-17-28)31-20-19-30(33(36)34(31)37)25-10-7-24(8-11-25)9-12-27-15-18-29(23-32(27)35)39-22-6-4-2/h9,12-20,23-25H,3-8,10-11,21-22H2,1-2H3/b12-9+. The minimum absolute atomic E-state index is 0.0242. The maximum atomic E-state index is 15.2. The monoisotopic (exact) mass is 536 g/mol. The van der Waals surface area contributed by atoms with Crippen molar-refractivity contribution in [1.82, 2.24) is 0 Å². The molecule has 0 unspecified atom stereocenters. The van der Waals surface area contributed by atoms with E-state index in [0.29, 0.717) is 35.7 Å². The molecule has 0 radical (unpaired) electrons. The molecule has 2 nitrogen and oxygen atoms in total. The molecule has 0 aliphatic heterocycles. The maximum Gasteiger partial charge on any atom is 0.166 e. The van der Waals surface area contributed by atoms with Crippen LogP contribution in [0.3, 0.4) is 0 Å². The molecule has 1 saturated carbocycles. The van der Waals surface area contributed by atoms with Crippen molar-refractivity contribution in [3.8, 4) is 22.6 Å². The second-order valence-electron chi connectivity index (χ2n) is 10.4. The molecule has 1 fully saturated rings. The van der Waals surface area contributed by atoms with Crippen LogP contribution in [0.4, 0.5) is 13.2 Å². The number of benzene rings is 3. The number of hydrogen-bond donors (Lipinski definition) is 0. The molecule has 5 heteroatoms. The van der Waals surface area contributed by atoms with E-state index in [1.807, 2.05) is 12.2 Å². The van der Waals surface area contributed by atoms with Gasteiger partial charge in [-0.15, -0.1) is 0 Å². The van der Waals surface area contributed by atoms with E-state index in [0.717, 1.165) is 57.1 Å². The zero-order valence-corrected chi connectivity index (χ0v) is 23.0. The number of ether oxygens (including phenoxy) is 2. The lowest BCUT2D eigenvalue weighted by Crippen LogP contribution is -2.13. The molecule has 0 amide bonds. The molecule has 0 spiro atoms. The molecule has 0 atom stereocenters. The van der Waals surface area contributed by atoms with E-state index in [1.54, 1.807) is 48.5 Å². The molecule has 1 aliphatic rings. The highest BCUT2D eigenvalue weighted by Crippen LogP contribution is 2.39. The summed E-state index contributed by atoms with van der Waals surface area (Å²) in [7, 11) is 0. The SMILES string of the molecule is CCCCOc1ccc(-c2ccc(C3CCC(/C=C/c4ccc(OCCCC)cc4F)CC3)c(F)c2F)cc1. The number of halogens is 3. The first-order valence-electron chi connectivity index (χ1n) is 14.3. The summed E-state index contributed by atoms with van der Waals surface area (Å²) in [5, 5.41) is 0. The van der Waals surface area contributed by atoms with Gasteiger partial charge >= 0.3 is 0 Å². The summed E-state index contributed by atoms with van der Waals surface area (Å²) in [4.78, 5) is 0. The third-order valence-corrected chi connectivity index (χ3v) is 7.54. The Bertz CT molecular complexity index is 1230. The molecule has 4 rings (SSSR count). The first-order valence-corrected chi connectivity index (χ1v) is 14.3. The maximum absolute atomic E-state index is 15.2. The summed E-state index contributed by atoms with van der Waals surface area (Å²) in [6.07, 6.45) is 11.1. The van der Waals surface area contributed by atoms with E-state index in [1.165, 1.54) is 6.07 Å². The van der Waals surface area contributed by atoms with Crippen molar-refractivity contribution in [3.63, 3.8) is 0 Å². The van der Waals surface area contributed by atoms with Crippen LogP contribution in [0.5, 0.6) is 11.5 Å². The molecule has 0 heterocycles. The van der Waals surface area contributed by atoms with Crippen LogP contribution in [0.1, 0.15) is 82.3 Å². The van der Waals surface area contributed by atoms with Crippen molar-refractivity contribution in [3.05, 3.63) is 89.3 Å². The van der Waals surface area contributed by atoms with Gasteiger partial charge in [-0.25, -0.2) is 13.2 Å². The van der Waals surface area contributed by atoms with E-state index < -0.39 is 11.6 Å². The van der Waals surface area contributed by atoms with E-state index in [2.05, 4.69) is 13.8 Å². The van der Waals surface area contributed by atoms with Crippen LogP contribution in [0.2, 0.25) is 0 Å². The average molecular weight is 537 g/mol. The molecule has 0 bridgehead atoms. The van der Waals surface area contributed by atoms with E-state index in [4.69, 9.17) is 9.47 Å². The summed E-state index contributed by atoms with van der Waals surface area (Å²) in [6.45, 7) is 5.42. The summed E-state index contributed by atoms with van der Waals surface area (Å²) in [6, 6.07) is 15.5. The lowest BCUT2D eigenvalue weighted by Gasteiger charge is -2.27. The molecule has 0 N–H and O–H groups in total. The van der Waals surface area contributed by atoms with Crippen molar-refractivity contribution in [2.45, 2.75) is 71.1 Å². The fourth-order valence-corrected chi connectivity index (χ4v) is 5.10. The topological polar surface area (TPSA) is 18.5 Å². The first kappa shape index (κ1) is 28.8. The molecule has 208 valence electrons. The predicted molar refractivity (Wildman–Crippen MR) is 153 cm³/mol. The second kappa shape index (κ2) is 14.3. The molecule has 3 aromatic rings. The Morgan fingerprint density at radius 2 is 1.38 bits per heavy atom. The Kier molecular flexibility index (Phi) is 10.5. The molecule has 39 heavy (non-hydrogen) atoms.